The molecule has 360 valence electrons. The lowest BCUT2D eigenvalue weighted by atomic mass is 10.2. The first-order chi connectivity index (χ1) is 29.0. The zero-order valence-corrected chi connectivity index (χ0v) is 38.6. The van der Waals surface area contributed by atoms with Gasteiger partial charge in [0.1, 0.15) is 39.6 Å². The van der Waals surface area contributed by atoms with E-state index in [9.17, 15) is 28.8 Å². The molecule has 0 bridgehead atoms. The number of rotatable bonds is 29. The number of thiol groups is 2. The summed E-state index contributed by atoms with van der Waals surface area (Å²) in [5.41, 5.74) is 5.19. The van der Waals surface area contributed by atoms with Gasteiger partial charge in [0.25, 0.3) is 5.91 Å². The Hall–Kier alpha value is -2.39. The van der Waals surface area contributed by atoms with Gasteiger partial charge in [-0.15, -0.1) is 24.4 Å². The first-order valence-electron chi connectivity index (χ1n) is 19.4. The molecule has 60 heavy (non-hydrogen) atoms. The molecule has 0 atom stereocenters. The molecule has 11 N–H and O–H groups in total. The van der Waals surface area contributed by atoms with E-state index in [0.29, 0.717) is 26.4 Å². The van der Waals surface area contributed by atoms with E-state index in [1.165, 1.54) is 12.8 Å². The fourth-order valence-electron chi connectivity index (χ4n) is 3.52. The van der Waals surface area contributed by atoms with Crippen molar-refractivity contribution in [2.24, 2.45) is 10.9 Å². The van der Waals surface area contributed by atoms with Crippen molar-refractivity contribution in [1.82, 2.24) is 20.7 Å². The van der Waals surface area contributed by atoms with Crippen LogP contribution in [0, 0.1) is 0 Å². The van der Waals surface area contributed by atoms with E-state index in [4.69, 9.17) is 35.3 Å². The predicted octanol–water partition coefficient (Wildman–Crippen LogP) is 0.125. The van der Waals surface area contributed by atoms with E-state index in [2.05, 4.69) is 77.3 Å². The molecule has 0 aromatic carbocycles. The number of unbranched alkanes of at least 4 members (excludes halogenated alkanes) is 8. The molecule has 1 aliphatic heterocycles. The van der Waals surface area contributed by atoms with Gasteiger partial charge in [-0.1, -0.05) is 12.8 Å². The van der Waals surface area contributed by atoms with Gasteiger partial charge in [0.05, 0.1) is 13.2 Å². The molecule has 21 nitrogen and oxygen atoms in total. The number of nitrogens with one attached hydrogen (secondary N) is 4. The van der Waals surface area contributed by atoms with Crippen LogP contribution in [0.25, 0.3) is 0 Å². The van der Waals surface area contributed by atoms with Gasteiger partial charge < -0.3 is 70.1 Å². The molecule has 0 aromatic heterocycles. The largest absolute Gasteiger partial charge is 0.480 e. The number of esters is 4. The fourth-order valence-corrected chi connectivity index (χ4v) is 3.59. The Balaban J connectivity index is -0.000000155. The summed E-state index contributed by atoms with van der Waals surface area (Å²) in [5.74, 6) is -3.68. The average Bonchev–Trinajstić information content (AvgIpc) is 3.24. The first-order valence-corrected chi connectivity index (χ1v) is 21.1. The lowest BCUT2D eigenvalue weighted by Gasteiger charge is -2.07. The summed E-state index contributed by atoms with van der Waals surface area (Å²) in [5, 5.41) is 38.1. The van der Waals surface area contributed by atoms with Gasteiger partial charge in [-0.3, -0.25) is 9.93 Å². The van der Waals surface area contributed by atoms with Crippen molar-refractivity contribution < 1.29 is 72.5 Å². The van der Waals surface area contributed by atoms with Gasteiger partial charge in [0, 0.05) is 19.6 Å². The van der Waals surface area contributed by atoms with Crippen LogP contribution in [0.2, 0.25) is 0 Å². The Morgan fingerprint density at radius 1 is 0.650 bits per heavy atom. The molecule has 1 heterocycles. The van der Waals surface area contributed by atoms with E-state index >= 15 is 0 Å². The Labute approximate surface area is 372 Å². The third-order valence-electron chi connectivity index (χ3n) is 6.31. The summed E-state index contributed by atoms with van der Waals surface area (Å²) in [4.78, 5) is 63.0. The second kappa shape index (κ2) is 65.7. The van der Waals surface area contributed by atoms with Gasteiger partial charge >= 0.3 is 29.8 Å². The number of cyclic esters (lactones) is 2. The minimum absolute atomic E-state index is 0.105. The second-order valence-corrected chi connectivity index (χ2v) is 11.7. The van der Waals surface area contributed by atoms with Crippen LogP contribution in [0.1, 0.15) is 77.0 Å². The number of halogens is 1. The Morgan fingerprint density at radius 2 is 1.03 bits per heavy atom. The summed E-state index contributed by atoms with van der Waals surface area (Å²) in [6.45, 7) is 3.75. The fraction of sp³-hybridized carbons (Fsp3) is 0.833. The number of alkyl halides is 1. The van der Waals surface area contributed by atoms with Gasteiger partial charge in [-0.05, 0) is 124 Å². The zero-order valence-electron chi connectivity index (χ0n) is 36.1. The number of aliphatic hydroxyl groups excluding tert-OH is 2. The number of amides is 1. The average molecular weight is 934 g/mol. The number of aliphatic hydroxyl groups is 2. The van der Waals surface area contributed by atoms with E-state index in [1.807, 2.05) is 21.1 Å². The smallest absolute Gasteiger partial charge is 0.339 e. The second-order valence-electron chi connectivity index (χ2n) is 11.5. The molecule has 1 aliphatic rings. The summed E-state index contributed by atoms with van der Waals surface area (Å²) in [6.07, 6.45) is 13.5. The lowest BCUT2D eigenvalue weighted by molar-refractivity contribution is -0.174. The van der Waals surface area contributed by atoms with Crippen molar-refractivity contribution >= 4 is 73.0 Å². The number of ether oxygens (including phenoxy) is 6. The number of carbonyl (C=O) groups is 6. The van der Waals surface area contributed by atoms with E-state index in [1.54, 1.807) is 0 Å². The summed E-state index contributed by atoms with van der Waals surface area (Å²) >= 11 is 11.2. The minimum Gasteiger partial charge on any atom is -0.480 e. The molecule has 0 unspecified atom stereocenters. The number of carboxylic acid groups (broad SMARTS) is 1. The molecule has 1 rings (SSSR count). The standard InChI is InChI=1S/C10H20N2O4S.C10H19NO5.C6H15NO.C5H13NO.C4H4O4.CH3Cl.H3NS/c1-11-5-3-2-4-6-16-10(14)8-15-7-9(13)12-17;1-11-5-3-2-4-6-16-10(14)8-15-7-9(12)13;1-7-5-3-2-4-6-8;6-4-2-1-3-5-7;5-3-1-7-2-4(6)8-3;2*1-2/h11,17H,2-8H2,1H3,(H,12,13);11H,2-8H2,1H3,(H,12,13);7-8H,2-6H2,1H3;7H,1-6H2;1-2H2;1H3;2H,1H2. The highest BCUT2D eigenvalue weighted by atomic mass is 35.5. The topological polar surface area (TPSA) is 319 Å². The number of nitrogens with two attached hydrogens (primary N) is 2. The highest BCUT2D eigenvalue weighted by Gasteiger charge is 2.16. The number of hydrogen-bond acceptors (Lipinski definition) is 21. The van der Waals surface area contributed by atoms with Gasteiger partial charge in [-0.25, -0.2) is 24.0 Å². The van der Waals surface area contributed by atoms with Crippen LogP contribution in [0.15, 0.2) is 0 Å². The third-order valence-corrected chi connectivity index (χ3v) is 6.56. The molecular weight excluding hydrogens is 856 g/mol. The summed E-state index contributed by atoms with van der Waals surface area (Å²) in [7, 11) is 5.73. The highest BCUT2D eigenvalue weighted by Crippen LogP contribution is 1.97. The molecule has 0 saturated carbocycles. The van der Waals surface area contributed by atoms with Crippen LogP contribution in [0.5, 0.6) is 0 Å². The van der Waals surface area contributed by atoms with E-state index in [-0.39, 0.29) is 33.0 Å². The van der Waals surface area contributed by atoms with Crippen molar-refractivity contribution in [1.29, 1.82) is 0 Å². The van der Waals surface area contributed by atoms with Crippen LogP contribution in [-0.4, -0.2) is 171 Å². The number of aliphatic carboxylic acids is 1. The first kappa shape index (κ1) is 69.3. The number of hydrogen-bond donors (Lipinski definition) is 11. The monoisotopic (exact) mass is 932 g/mol. The van der Waals surface area contributed by atoms with Gasteiger partial charge in [0.15, 0.2) is 0 Å². The van der Waals surface area contributed by atoms with Crippen molar-refractivity contribution in [2.75, 3.05) is 120 Å². The Kier molecular flexibility index (Phi) is 75.9. The normalized spacial score (nSPS) is 10.8. The molecule has 1 amide bonds. The molecule has 0 radical (unpaired) electrons. The van der Waals surface area contributed by atoms with Crippen LogP contribution < -0.4 is 31.5 Å². The SMILES string of the molecule is CCl.CNCCCCCO.CNCCCCCOC(=O)COCC(=O)NS.CNCCCCCOC(=O)COCC(=O)O.NCCCCCO.NS.O=C1COCC(=O)O1. The number of carbonyl (C=O) groups excluding carboxylic acids is 5. The van der Waals surface area contributed by atoms with E-state index in [0.717, 1.165) is 96.8 Å². The molecule has 0 aromatic rings. The van der Waals surface area contributed by atoms with Crippen molar-refractivity contribution in [3.05, 3.63) is 0 Å². The zero-order chi connectivity index (χ0) is 46.9. The van der Waals surface area contributed by atoms with Gasteiger partial charge in [0.2, 0.25) is 0 Å². The van der Waals surface area contributed by atoms with Crippen LogP contribution >= 0.6 is 37.2 Å². The number of carboxylic acids is 1. The molecule has 0 aliphatic carbocycles. The van der Waals surface area contributed by atoms with Crippen molar-refractivity contribution in [3.63, 3.8) is 0 Å². The maximum Gasteiger partial charge on any atom is 0.339 e. The maximum absolute atomic E-state index is 11.1. The van der Waals surface area contributed by atoms with Crippen LogP contribution in [0.4, 0.5) is 0 Å². The van der Waals surface area contributed by atoms with Crippen molar-refractivity contribution in [3.8, 4) is 0 Å². The summed E-state index contributed by atoms with van der Waals surface area (Å²) in [6, 6.07) is 0. The highest BCUT2D eigenvalue weighted by molar-refractivity contribution is 7.78. The molecular formula is C36H77ClN6O15S2. The van der Waals surface area contributed by atoms with Crippen LogP contribution in [0.3, 0.4) is 0 Å². The lowest BCUT2D eigenvalue weighted by Crippen LogP contribution is -2.28. The molecule has 1 fully saturated rings. The quantitative estimate of drug-likeness (QED) is 0.0119. The Bertz CT molecular complexity index is 933. The molecule has 0 spiro atoms. The predicted molar refractivity (Wildman–Crippen MR) is 236 cm³/mol. The molecule has 1 saturated heterocycles. The van der Waals surface area contributed by atoms with E-state index < -0.39 is 42.4 Å². The van der Waals surface area contributed by atoms with Gasteiger partial charge in [-0.2, -0.15) is 0 Å². The molecule has 24 heteroatoms. The summed E-state index contributed by atoms with van der Waals surface area (Å²) < 4.78 is 29.7. The maximum atomic E-state index is 11.1. The Morgan fingerprint density at radius 3 is 1.35 bits per heavy atom. The minimum atomic E-state index is -1.10. The third kappa shape index (κ3) is 76.3. The van der Waals surface area contributed by atoms with Crippen LogP contribution in [-0.2, 0) is 57.2 Å². The van der Waals surface area contributed by atoms with Crippen molar-refractivity contribution in [2.45, 2.75) is 77.0 Å².